The number of nitrogens with zero attached hydrogens (tertiary/aromatic N) is 4. The van der Waals surface area contributed by atoms with Crippen molar-refractivity contribution in [3.63, 3.8) is 0 Å². The van der Waals surface area contributed by atoms with Gasteiger partial charge < -0.3 is 14.5 Å². The summed E-state index contributed by atoms with van der Waals surface area (Å²) in [5.41, 5.74) is 2.35. The van der Waals surface area contributed by atoms with E-state index in [0.717, 1.165) is 46.7 Å². The van der Waals surface area contributed by atoms with E-state index in [1.165, 1.54) is 21.2 Å². The number of aromatic nitrogens is 1. The lowest BCUT2D eigenvalue weighted by atomic mass is 9.83. The second kappa shape index (κ2) is 11.0. The molecular weight excluding hydrogens is 560 g/mol. The number of benzene rings is 2. The van der Waals surface area contributed by atoms with E-state index in [1.54, 1.807) is 31.4 Å². The monoisotopic (exact) mass is 592 g/mol. The largest absolute Gasteiger partial charge is 0.497 e. The Hall–Kier alpha value is -3.57. The number of carbonyl (C=O) groups excluding carboxylic acids is 3. The van der Waals surface area contributed by atoms with Gasteiger partial charge in [-0.3, -0.25) is 23.7 Å². The molecule has 2 fully saturated rings. The minimum atomic E-state index is -0.721. The van der Waals surface area contributed by atoms with Crippen LogP contribution < -0.4 is 19.4 Å². The Labute approximate surface area is 246 Å². The van der Waals surface area contributed by atoms with Crippen LogP contribution in [0, 0.1) is 5.92 Å². The standard InChI is InChI=1S/C30H32N4O5S2/c1-31(2)19-9-7-18(8-10-19)23-24-25(28(37)34(27(24)36)20-11-13-21(39-3)14-12-20)40-29-26(23)41-30(38)33(29)17-22(35)32-15-5-4-6-16-32/h7-14,23-25H,4-6,15-17H2,1-3H3/t23-,24-,25+/m0/s1. The number of amides is 3. The number of hydrogen-bond acceptors (Lipinski definition) is 8. The third-order valence-electron chi connectivity index (χ3n) is 8.15. The summed E-state index contributed by atoms with van der Waals surface area (Å²) in [5, 5.41) is -0.105. The van der Waals surface area contributed by atoms with E-state index in [2.05, 4.69) is 0 Å². The SMILES string of the molecule is COc1ccc(N2C(=O)[C@H]3[C@H](c4ccc(N(C)C)cc4)c4sc(=O)n(CC(=O)N5CCCCC5)c4S[C@H]3C2=O)cc1. The molecule has 3 aliphatic heterocycles. The second-order valence-corrected chi connectivity index (χ2v) is 12.9. The van der Waals surface area contributed by atoms with Gasteiger partial charge in [0.2, 0.25) is 17.7 Å². The first kappa shape index (κ1) is 27.6. The van der Waals surface area contributed by atoms with Crippen molar-refractivity contribution in [2.75, 3.05) is 44.1 Å². The molecule has 2 saturated heterocycles. The van der Waals surface area contributed by atoms with Crippen LogP contribution in [0.15, 0.2) is 58.4 Å². The molecule has 9 nitrogen and oxygen atoms in total. The molecule has 0 saturated carbocycles. The fourth-order valence-electron chi connectivity index (χ4n) is 5.96. The molecule has 41 heavy (non-hydrogen) atoms. The molecule has 11 heteroatoms. The van der Waals surface area contributed by atoms with Crippen LogP contribution in [0.25, 0.3) is 0 Å². The molecule has 2 aromatic carbocycles. The Morgan fingerprint density at radius 3 is 2.27 bits per heavy atom. The number of rotatable bonds is 6. The molecule has 0 spiro atoms. The van der Waals surface area contributed by atoms with E-state index in [1.807, 2.05) is 48.2 Å². The van der Waals surface area contributed by atoms with Gasteiger partial charge in [-0.05, 0) is 61.2 Å². The zero-order valence-corrected chi connectivity index (χ0v) is 24.9. The number of thioether (sulfide) groups is 1. The van der Waals surface area contributed by atoms with Crippen LogP contribution >= 0.6 is 23.1 Å². The van der Waals surface area contributed by atoms with Crippen molar-refractivity contribution in [1.29, 1.82) is 0 Å². The molecule has 4 heterocycles. The van der Waals surface area contributed by atoms with E-state index in [0.29, 0.717) is 29.6 Å². The van der Waals surface area contributed by atoms with Gasteiger partial charge >= 0.3 is 4.87 Å². The average molecular weight is 593 g/mol. The predicted octanol–water partition coefficient (Wildman–Crippen LogP) is 3.79. The number of piperidine rings is 1. The van der Waals surface area contributed by atoms with Gasteiger partial charge in [-0.15, -0.1) is 0 Å². The molecule has 0 N–H and O–H groups in total. The smallest absolute Gasteiger partial charge is 0.308 e. The molecule has 6 rings (SSSR count). The van der Waals surface area contributed by atoms with Crippen molar-refractivity contribution < 1.29 is 19.1 Å². The normalized spacial score (nSPS) is 22.0. The number of thiazole rings is 1. The van der Waals surface area contributed by atoms with Crippen molar-refractivity contribution in [2.45, 2.75) is 42.0 Å². The van der Waals surface area contributed by atoms with Crippen LogP contribution in [0.5, 0.6) is 5.75 Å². The predicted molar refractivity (Wildman–Crippen MR) is 160 cm³/mol. The third-order valence-corrected chi connectivity index (χ3v) is 10.8. The van der Waals surface area contributed by atoms with Gasteiger partial charge in [0, 0.05) is 43.7 Å². The maximum Gasteiger partial charge on any atom is 0.308 e. The minimum Gasteiger partial charge on any atom is -0.497 e. The first-order valence-electron chi connectivity index (χ1n) is 13.8. The molecule has 3 aromatic rings. The van der Waals surface area contributed by atoms with E-state index >= 15 is 0 Å². The van der Waals surface area contributed by atoms with Crippen LogP contribution in [0.3, 0.4) is 0 Å². The number of fused-ring (bicyclic) bond motifs is 2. The molecule has 0 radical (unpaired) electrons. The van der Waals surface area contributed by atoms with Crippen LogP contribution in [0.4, 0.5) is 11.4 Å². The van der Waals surface area contributed by atoms with E-state index in [9.17, 15) is 19.2 Å². The zero-order valence-electron chi connectivity index (χ0n) is 23.2. The van der Waals surface area contributed by atoms with Gasteiger partial charge in [-0.25, -0.2) is 4.90 Å². The number of anilines is 2. The van der Waals surface area contributed by atoms with Crippen molar-refractivity contribution in [3.8, 4) is 5.75 Å². The maximum atomic E-state index is 14.1. The summed E-state index contributed by atoms with van der Waals surface area (Å²) in [7, 11) is 5.47. The Morgan fingerprint density at radius 2 is 1.63 bits per heavy atom. The number of ether oxygens (including phenoxy) is 1. The second-order valence-electron chi connectivity index (χ2n) is 10.8. The molecule has 3 amide bonds. The quantitative estimate of drug-likeness (QED) is 0.402. The summed E-state index contributed by atoms with van der Waals surface area (Å²) in [6.45, 7) is 1.33. The van der Waals surface area contributed by atoms with E-state index in [4.69, 9.17) is 4.74 Å². The highest BCUT2D eigenvalue weighted by molar-refractivity contribution is 8.00. The highest BCUT2D eigenvalue weighted by Crippen LogP contribution is 2.54. The summed E-state index contributed by atoms with van der Waals surface area (Å²) < 4.78 is 6.78. The topological polar surface area (TPSA) is 92.2 Å². The van der Waals surface area contributed by atoms with Gasteiger partial charge in [0.15, 0.2) is 0 Å². The van der Waals surface area contributed by atoms with E-state index < -0.39 is 17.1 Å². The van der Waals surface area contributed by atoms with Crippen LogP contribution in [-0.2, 0) is 20.9 Å². The van der Waals surface area contributed by atoms with Crippen LogP contribution in [0.2, 0.25) is 0 Å². The highest BCUT2D eigenvalue weighted by atomic mass is 32.2. The average Bonchev–Trinajstić information content (AvgIpc) is 3.43. The van der Waals surface area contributed by atoms with Crippen LogP contribution in [-0.4, -0.2) is 66.7 Å². The minimum absolute atomic E-state index is 0.0638. The van der Waals surface area contributed by atoms with Gasteiger partial charge in [0.25, 0.3) is 0 Å². The van der Waals surface area contributed by atoms with Crippen molar-refractivity contribution in [1.82, 2.24) is 9.47 Å². The lowest BCUT2D eigenvalue weighted by Crippen LogP contribution is -2.39. The van der Waals surface area contributed by atoms with Crippen molar-refractivity contribution in [2.24, 2.45) is 5.92 Å². The van der Waals surface area contributed by atoms with Crippen molar-refractivity contribution >= 4 is 52.2 Å². The molecule has 0 unspecified atom stereocenters. The maximum absolute atomic E-state index is 14.1. The molecule has 3 aliphatic rings. The lowest BCUT2D eigenvalue weighted by molar-refractivity contribution is -0.133. The first-order chi connectivity index (χ1) is 19.8. The summed E-state index contributed by atoms with van der Waals surface area (Å²) >= 11 is 2.33. The summed E-state index contributed by atoms with van der Waals surface area (Å²) in [6, 6.07) is 14.8. The Balaban J connectivity index is 1.42. The van der Waals surface area contributed by atoms with Crippen molar-refractivity contribution in [3.05, 3.63) is 68.6 Å². The molecule has 0 bridgehead atoms. The summed E-state index contributed by atoms with van der Waals surface area (Å²) in [6.07, 6.45) is 3.03. The van der Waals surface area contributed by atoms with Gasteiger partial charge in [-0.1, -0.05) is 35.2 Å². The zero-order chi connectivity index (χ0) is 28.8. The fourth-order valence-corrected chi connectivity index (χ4v) is 8.73. The number of likely N-dealkylation sites (tertiary alicyclic amines) is 1. The third kappa shape index (κ3) is 4.84. The molecule has 1 aromatic heterocycles. The Kier molecular flexibility index (Phi) is 7.41. The van der Waals surface area contributed by atoms with Gasteiger partial charge in [0.1, 0.15) is 17.5 Å². The van der Waals surface area contributed by atoms with Gasteiger partial charge in [-0.2, -0.15) is 0 Å². The first-order valence-corrected chi connectivity index (χ1v) is 15.4. The van der Waals surface area contributed by atoms with E-state index in [-0.39, 0.29) is 29.1 Å². The molecule has 214 valence electrons. The highest BCUT2D eigenvalue weighted by Gasteiger charge is 2.56. The lowest BCUT2D eigenvalue weighted by Gasteiger charge is -2.31. The molecule has 3 atom stereocenters. The van der Waals surface area contributed by atoms with Gasteiger partial charge in [0.05, 0.1) is 23.7 Å². The Bertz CT molecular complexity index is 1540. The fraction of sp³-hybridized carbons (Fsp3) is 0.400. The molecule has 0 aliphatic carbocycles. The van der Waals surface area contributed by atoms with Crippen LogP contribution in [0.1, 0.15) is 35.6 Å². The number of imide groups is 1. The number of hydrogen-bond donors (Lipinski definition) is 0. The number of carbonyl (C=O) groups is 3. The molecular formula is C30H32N4O5S2. The Morgan fingerprint density at radius 1 is 0.951 bits per heavy atom. The number of methoxy groups -OCH3 is 1. The summed E-state index contributed by atoms with van der Waals surface area (Å²) in [5.74, 6) is -1.24. The summed E-state index contributed by atoms with van der Waals surface area (Å²) in [4.78, 5) is 60.1.